The molecule has 5 heteroatoms. The molecule has 0 unspecified atom stereocenters. The summed E-state index contributed by atoms with van der Waals surface area (Å²) in [4.78, 5) is 0. The molecule has 0 aromatic heterocycles. The third-order valence-corrected chi connectivity index (χ3v) is 3.65. The third kappa shape index (κ3) is 3.13. The van der Waals surface area contributed by atoms with E-state index in [4.69, 9.17) is 40.1 Å². The first-order valence-corrected chi connectivity index (χ1v) is 6.57. The number of halogens is 3. The van der Waals surface area contributed by atoms with Crippen molar-refractivity contribution in [1.29, 1.82) is 5.26 Å². The molecule has 2 rings (SSSR count). The van der Waals surface area contributed by atoms with Gasteiger partial charge in [0.2, 0.25) is 0 Å². The zero-order valence-corrected chi connectivity index (χ0v) is 12.2. The first kappa shape index (κ1) is 14.0. The van der Waals surface area contributed by atoms with Gasteiger partial charge in [0.1, 0.15) is 0 Å². The SMILES string of the molecule is Cc1cc(Cl)c(Nc2ccc(C#N)cc2Cl)cc1Cl. The number of aryl methyl sites for hydroxylation is 1. The van der Waals surface area contributed by atoms with Gasteiger partial charge in [0.15, 0.2) is 0 Å². The van der Waals surface area contributed by atoms with Crippen LogP contribution in [0.1, 0.15) is 11.1 Å². The van der Waals surface area contributed by atoms with E-state index in [1.54, 1.807) is 30.3 Å². The van der Waals surface area contributed by atoms with Gasteiger partial charge in [0.05, 0.1) is 33.1 Å². The Bertz CT molecular complexity index is 675. The van der Waals surface area contributed by atoms with Crippen molar-refractivity contribution in [2.45, 2.75) is 6.92 Å². The van der Waals surface area contributed by atoms with E-state index in [2.05, 4.69) is 5.32 Å². The fourth-order valence-corrected chi connectivity index (χ4v) is 2.23. The molecule has 0 spiro atoms. The molecule has 0 atom stereocenters. The van der Waals surface area contributed by atoms with Crippen LogP contribution in [0.15, 0.2) is 30.3 Å². The van der Waals surface area contributed by atoms with Crippen molar-refractivity contribution in [3.63, 3.8) is 0 Å². The molecule has 0 bridgehead atoms. The average molecular weight is 312 g/mol. The summed E-state index contributed by atoms with van der Waals surface area (Å²) in [6.07, 6.45) is 0. The Labute approximate surface area is 126 Å². The van der Waals surface area contributed by atoms with Gasteiger partial charge >= 0.3 is 0 Å². The lowest BCUT2D eigenvalue weighted by atomic mass is 10.2. The molecule has 1 N–H and O–H groups in total. The zero-order valence-electron chi connectivity index (χ0n) is 9.97. The predicted octanol–water partition coefficient (Wildman–Crippen LogP) is 5.57. The van der Waals surface area contributed by atoms with Crippen molar-refractivity contribution in [3.05, 3.63) is 56.5 Å². The number of hydrogen-bond acceptors (Lipinski definition) is 2. The van der Waals surface area contributed by atoms with Gasteiger partial charge in [-0.15, -0.1) is 0 Å². The molecular formula is C14H9Cl3N2. The molecule has 19 heavy (non-hydrogen) atoms. The molecule has 2 aromatic rings. The minimum atomic E-state index is 0.451. The molecule has 0 aliphatic rings. The van der Waals surface area contributed by atoms with Crippen LogP contribution in [0, 0.1) is 18.3 Å². The van der Waals surface area contributed by atoms with Crippen LogP contribution in [0.25, 0.3) is 0 Å². The lowest BCUT2D eigenvalue weighted by Crippen LogP contribution is -1.93. The van der Waals surface area contributed by atoms with E-state index in [0.717, 1.165) is 5.56 Å². The lowest BCUT2D eigenvalue weighted by Gasteiger charge is -2.11. The van der Waals surface area contributed by atoms with Crippen LogP contribution in [0.2, 0.25) is 15.1 Å². The van der Waals surface area contributed by atoms with E-state index in [0.29, 0.717) is 32.0 Å². The highest BCUT2D eigenvalue weighted by Crippen LogP contribution is 2.33. The summed E-state index contributed by atoms with van der Waals surface area (Å²) < 4.78 is 0. The highest BCUT2D eigenvalue weighted by atomic mass is 35.5. The van der Waals surface area contributed by atoms with Crippen LogP contribution in [-0.2, 0) is 0 Å². The van der Waals surface area contributed by atoms with E-state index >= 15 is 0 Å². The molecule has 2 aromatic carbocycles. The summed E-state index contributed by atoms with van der Waals surface area (Å²) in [6.45, 7) is 1.88. The molecule has 96 valence electrons. The molecule has 0 amide bonds. The largest absolute Gasteiger partial charge is 0.353 e. The van der Waals surface area contributed by atoms with Gasteiger partial charge in [-0.3, -0.25) is 0 Å². The standard InChI is InChI=1S/C14H9Cl3N2/c1-8-4-11(16)14(6-10(8)15)19-13-3-2-9(7-18)5-12(13)17/h2-6,19H,1H3. The molecule has 0 saturated heterocycles. The predicted molar refractivity (Wildman–Crippen MR) is 80.6 cm³/mol. The summed E-state index contributed by atoms with van der Waals surface area (Å²) in [5, 5.41) is 13.5. The van der Waals surface area contributed by atoms with Crippen LogP contribution in [-0.4, -0.2) is 0 Å². The number of anilines is 2. The Morgan fingerprint density at radius 1 is 0.947 bits per heavy atom. The monoisotopic (exact) mass is 310 g/mol. The van der Waals surface area contributed by atoms with E-state index in [1.165, 1.54) is 0 Å². The van der Waals surface area contributed by atoms with E-state index in [1.807, 2.05) is 13.0 Å². The Kier molecular flexibility index (Phi) is 4.21. The van der Waals surface area contributed by atoms with Crippen molar-refractivity contribution in [2.75, 3.05) is 5.32 Å². The molecular weight excluding hydrogens is 303 g/mol. The van der Waals surface area contributed by atoms with Crippen LogP contribution < -0.4 is 5.32 Å². The van der Waals surface area contributed by atoms with E-state index in [-0.39, 0.29) is 0 Å². The summed E-state index contributed by atoms with van der Waals surface area (Å²) in [7, 11) is 0. The number of benzene rings is 2. The topological polar surface area (TPSA) is 35.8 Å². The van der Waals surface area contributed by atoms with Crippen molar-refractivity contribution in [1.82, 2.24) is 0 Å². The van der Waals surface area contributed by atoms with Gasteiger partial charge in [0.25, 0.3) is 0 Å². The van der Waals surface area contributed by atoms with E-state index in [9.17, 15) is 0 Å². The summed E-state index contributed by atoms with van der Waals surface area (Å²) in [5.74, 6) is 0. The summed E-state index contributed by atoms with van der Waals surface area (Å²) >= 11 is 18.3. The normalized spacial score (nSPS) is 10.1. The quantitative estimate of drug-likeness (QED) is 0.787. The number of nitriles is 1. The Hall–Kier alpha value is -1.40. The maximum atomic E-state index is 8.79. The summed E-state index contributed by atoms with van der Waals surface area (Å²) in [6, 6.07) is 10.5. The maximum absolute atomic E-state index is 8.79. The Morgan fingerprint density at radius 2 is 1.63 bits per heavy atom. The van der Waals surface area contributed by atoms with Gasteiger partial charge in [-0.1, -0.05) is 34.8 Å². The number of nitrogens with one attached hydrogen (secondary N) is 1. The molecule has 0 aliphatic carbocycles. The molecule has 0 saturated carbocycles. The van der Waals surface area contributed by atoms with Crippen molar-refractivity contribution >= 4 is 46.2 Å². The third-order valence-electron chi connectivity index (χ3n) is 2.62. The van der Waals surface area contributed by atoms with Gasteiger partial charge in [-0.25, -0.2) is 0 Å². The number of hydrogen-bond donors (Lipinski definition) is 1. The average Bonchev–Trinajstić information content (AvgIpc) is 2.38. The van der Waals surface area contributed by atoms with Crippen molar-refractivity contribution in [3.8, 4) is 6.07 Å². The maximum Gasteiger partial charge on any atom is 0.0992 e. The second-order valence-electron chi connectivity index (χ2n) is 4.01. The molecule has 0 fully saturated rings. The fraction of sp³-hybridized carbons (Fsp3) is 0.0714. The van der Waals surface area contributed by atoms with E-state index < -0.39 is 0 Å². The van der Waals surface area contributed by atoms with Gasteiger partial charge in [0, 0.05) is 5.02 Å². The molecule has 0 radical (unpaired) electrons. The highest BCUT2D eigenvalue weighted by molar-refractivity contribution is 6.36. The first-order chi connectivity index (χ1) is 9.01. The van der Waals surface area contributed by atoms with Crippen molar-refractivity contribution < 1.29 is 0 Å². The first-order valence-electron chi connectivity index (χ1n) is 5.43. The lowest BCUT2D eigenvalue weighted by molar-refractivity contribution is 1.44. The smallest absolute Gasteiger partial charge is 0.0992 e. The minimum Gasteiger partial charge on any atom is -0.353 e. The number of rotatable bonds is 2. The summed E-state index contributed by atoms with van der Waals surface area (Å²) in [5.41, 5.74) is 2.75. The Balaban J connectivity index is 2.37. The van der Waals surface area contributed by atoms with Crippen LogP contribution >= 0.6 is 34.8 Å². The van der Waals surface area contributed by atoms with Crippen LogP contribution in [0.3, 0.4) is 0 Å². The minimum absolute atomic E-state index is 0.451. The Morgan fingerprint density at radius 3 is 2.26 bits per heavy atom. The van der Waals surface area contributed by atoms with Crippen molar-refractivity contribution in [2.24, 2.45) is 0 Å². The second-order valence-corrected chi connectivity index (χ2v) is 5.23. The van der Waals surface area contributed by atoms with Gasteiger partial charge in [-0.2, -0.15) is 5.26 Å². The molecule has 0 aliphatic heterocycles. The van der Waals surface area contributed by atoms with Gasteiger partial charge in [-0.05, 0) is 42.8 Å². The number of nitrogens with zero attached hydrogens (tertiary/aromatic N) is 1. The van der Waals surface area contributed by atoms with Gasteiger partial charge < -0.3 is 5.32 Å². The molecule has 2 nitrogen and oxygen atoms in total. The van der Waals surface area contributed by atoms with Crippen LogP contribution in [0.5, 0.6) is 0 Å². The second kappa shape index (κ2) is 5.71. The molecule has 0 heterocycles. The van der Waals surface area contributed by atoms with Crippen LogP contribution in [0.4, 0.5) is 11.4 Å². The fourth-order valence-electron chi connectivity index (χ4n) is 1.57. The highest BCUT2D eigenvalue weighted by Gasteiger charge is 2.07. The zero-order chi connectivity index (χ0) is 14.0.